The van der Waals surface area contributed by atoms with E-state index in [1.165, 1.54) is 35.1 Å². The van der Waals surface area contributed by atoms with Gasteiger partial charge in [0.1, 0.15) is 10.6 Å². The van der Waals surface area contributed by atoms with Gasteiger partial charge in [-0.2, -0.15) is 4.98 Å². The molecule has 2 aromatic heterocycles. The second kappa shape index (κ2) is 5.25. The number of fused-ring (bicyclic) bond motifs is 3. The van der Waals surface area contributed by atoms with Gasteiger partial charge in [0.05, 0.1) is 5.39 Å². The number of thiophene rings is 1. The molecule has 0 saturated heterocycles. The van der Waals surface area contributed by atoms with Crippen LogP contribution in [0.15, 0.2) is 0 Å². The smallest absolute Gasteiger partial charge is 0.225 e. The maximum absolute atomic E-state index is 6.10. The summed E-state index contributed by atoms with van der Waals surface area (Å²) in [7, 11) is 0. The van der Waals surface area contributed by atoms with Crippen LogP contribution in [0.1, 0.15) is 37.1 Å². The number of hydrogen-bond donors (Lipinski definition) is 0. The number of aryl methyl sites for hydroxylation is 2. The molecule has 102 valence electrons. The molecule has 1 aliphatic rings. The zero-order valence-electron chi connectivity index (χ0n) is 11.4. The van der Waals surface area contributed by atoms with Crippen LogP contribution in [0.25, 0.3) is 10.2 Å². The Morgan fingerprint density at radius 2 is 1.89 bits per heavy atom. The highest BCUT2D eigenvalue weighted by Gasteiger charge is 2.22. The Kier molecular flexibility index (Phi) is 3.63. The van der Waals surface area contributed by atoms with Crippen LogP contribution in [0.4, 0.5) is 5.82 Å². The lowest BCUT2D eigenvalue weighted by molar-refractivity contribution is 0.700. The van der Waals surface area contributed by atoms with E-state index in [1.54, 1.807) is 11.3 Å². The van der Waals surface area contributed by atoms with Gasteiger partial charge in [-0.3, -0.25) is 0 Å². The number of rotatable bonds is 3. The molecule has 3 rings (SSSR count). The molecule has 5 heteroatoms. The molecular formula is C14H18ClN3S. The van der Waals surface area contributed by atoms with Gasteiger partial charge in [-0.15, -0.1) is 11.3 Å². The molecule has 0 aliphatic heterocycles. The van der Waals surface area contributed by atoms with Crippen LogP contribution >= 0.6 is 22.9 Å². The van der Waals surface area contributed by atoms with E-state index in [1.807, 2.05) is 0 Å². The van der Waals surface area contributed by atoms with E-state index in [0.29, 0.717) is 5.28 Å². The second-order valence-corrected chi connectivity index (χ2v) is 6.30. The molecule has 0 N–H and O–H groups in total. The lowest BCUT2D eigenvalue weighted by Crippen LogP contribution is -2.23. The fourth-order valence-corrected chi connectivity index (χ4v) is 4.34. The highest BCUT2D eigenvalue weighted by Crippen LogP contribution is 2.40. The fourth-order valence-electron chi connectivity index (χ4n) is 2.86. The molecule has 0 fully saturated rings. The summed E-state index contributed by atoms with van der Waals surface area (Å²) in [6, 6.07) is 0. The first-order valence-electron chi connectivity index (χ1n) is 6.97. The van der Waals surface area contributed by atoms with Crippen LogP contribution in [0.2, 0.25) is 5.28 Å². The summed E-state index contributed by atoms with van der Waals surface area (Å²) in [4.78, 5) is 13.8. The van der Waals surface area contributed by atoms with Crippen molar-refractivity contribution in [1.29, 1.82) is 0 Å². The maximum atomic E-state index is 6.10. The minimum Gasteiger partial charge on any atom is -0.356 e. The molecule has 0 aromatic carbocycles. The van der Waals surface area contributed by atoms with Crippen LogP contribution in [-0.2, 0) is 12.8 Å². The summed E-state index contributed by atoms with van der Waals surface area (Å²) < 4.78 is 0. The van der Waals surface area contributed by atoms with E-state index in [0.717, 1.165) is 30.2 Å². The number of hydrogen-bond acceptors (Lipinski definition) is 4. The standard InChI is InChI=1S/C14H18ClN3S/c1-3-18(4-2)12-11-9-7-5-6-8-10(9)19-13(11)17-14(15)16-12/h3-8H2,1-2H3. The summed E-state index contributed by atoms with van der Waals surface area (Å²) >= 11 is 7.91. The van der Waals surface area contributed by atoms with Gasteiger partial charge in [-0.25, -0.2) is 4.98 Å². The Labute approximate surface area is 122 Å². The molecule has 0 spiro atoms. The summed E-state index contributed by atoms with van der Waals surface area (Å²) in [5.74, 6) is 1.03. The van der Waals surface area contributed by atoms with E-state index in [-0.39, 0.29) is 0 Å². The van der Waals surface area contributed by atoms with Gasteiger partial charge < -0.3 is 4.90 Å². The van der Waals surface area contributed by atoms with Gasteiger partial charge in [0.2, 0.25) is 5.28 Å². The van der Waals surface area contributed by atoms with Gasteiger partial charge in [-0.05, 0) is 56.7 Å². The monoisotopic (exact) mass is 295 g/mol. The summed E-state index contributed by atoms with van der Waals surface area (Å²) in [5.41, 5.74) is 1.48. The van der Waals surface area contributed by atoms with Crippen molar-refractivity contribution in [2.75, 3.05) is 18.0 Å². The molecule has 19 heavy (non-hydrogen) atoms. The number of nitrogens with zero attached hydrogens (tertiary/aromatic N) is 3. The Morgan fingerprint density at radius 1 is 1.16 bits per heavy atom. The quantitative estimate of drug-likeness (QED) is 0.799. The minimum absolute atomic E-state index is 0.369. The minimum atomic E-state index is 0.369. The molecule has 3 nitrogen and oxygen atoms in total. The normalized spacial score (nSPS) is 14.7. The van der Waals surface area contributed by atoms with Gasteiger partial charge >= 0.3 is 0 Å². The average molecular weight is 296 g/mol. The molecule has 2 heterocycles. The van der Waals surface area contributed by atoms with E-state index >= 15 is 0 Å². The number of halogens is 1. The number of aromatic nitrogens is 2. The summed E-state index contributed by atoms with van der Waals surface area (Å²) in [6.45, 7) is 6.21. The topological polar surface area (TPSA) is 29.0 Å². The SMILES string of the molecule is CCN(CC)c1nc(Cl)nc2sc3c(c12)CCCC3. The fraction of sp³-hybridized carbons (Fsp3) is 0.571. The van der Waals surface area contributed by atoms with Crippen molar-refractivity contribution < 1.29 is 0 Å². The Morgan fingerprint density at radius 3 is 2.63 bits per heavy atom. The first kappa shape index (κ1) is 13.1. The molecular weight excluding hydrogens is 278 g/mol. The number of anilines is 1. The van der Waals surface area contributed by atoms with E-state index in [2.05, 4.69) is 28.7 Å². The molecule has 0 amide bonds. The van der Waals surface area contributed by atoms with Crippen LogP contribution in [0, 0.1) is 0 Å². The predicted molar refractivity (Wildman–Crippen MR) is 82.6 cm³/mol. The molecule has 1 aliphatic carbocycles. The van der Waals surface area contributed by atoms with Gasteiger partial charge in [-0.1, -0.05) is 0 Å². The third-order valence-electron chi connectivity index (χ3n) is 3.83. The van der Waals surface area contributed by atoms with Gasteiger partial charge in [0.25, 0.3) is 0 Å². The van der Waals surface area contributed by atoms with Crippen molar-refractivity contribution in [3.05, 3.63) is 15.7 Å². The Balaban J connectivity index is 2.27. The Hall–Kier alpha value is -0.870. The van der Waals surface area contributed by atoms with Crippen molar-refractivity contribution in [3.63, 3.8) is 0 Å². The highest BCUT2D eigenvalue weighted by molar-refractivity contribution is 7.19. The van der Waals surface area contributed by atoms with Crippen LogP contribution in [-0.4, -0.2) is 23.1 Å². The third-order valence-corrected chi connectivity index (χ3v) is 5.19. The van der Waals surface area contributed by atoms with E-state index < -0.39 is 0 Å². The summed E-state index contributed by atoms with van der Waals surface area (Å²) in [6.07, 6.45) is 4.92. The molecule has 0 saturated carbocycles. The van der Waals surface area contributed by atoms with Crippen molar-refractivity contribution in [2.24, 2.45) is 0 Å². The van der Waals surface area contributed by atoms with E-state index in [9.17, 15) is 0 Å². The van der Waals surface area contributed by atoms with Crippen LogP contribution < -0.4 is 4.90 Å². The molecule has 0 radical (unpaired) electrons. The second-order valence-electron chi connectivity index (χ2n) is 4.88. The largest absolute Gasteiger partial charge is 0.356 e. The first-order valence-corrected chi connectivity index (χ1v) is 8.16. The van der Waals surface area contributed by atoms with Gasteiger partial charge in [0, 0.05) is 18.0 Å². The molecule has 2 aromatic rings. The van der Waals surface area contributed by atoms with Crippen molar-refractivity contribution in [2.45, 2.75) is 39.5 Å². The Bertz CT molecular complexity index is 604. The zero-order valence-corrected chi connectivity index (χ0v) is 12.9. The molecule has 0 unspecified atom stereocenters. The zero-order chi connectivity index (χ0) is 13.4. The van der Waals surface area contributed by atoms with Crippen molar-refractivity contribution in [1.82, 2.24) is 9.97 Å². The van der Waals surface area contributed by atoms with Gasteiger partial charge in [0.15, 0.2) is 0 Å². The van der Waals surface area contributed by atoms with Crippen molar-refractivity contribution in [3.8, 4) is 0 Å². The summed E-state index contributed by atoms with van der Waals surface area (Å²) in [5, 5.41) is 1.63. The van der Waals surface area contributed by atoms with Crippen LogP contribution in [0.5, 0.6) is 0 Å². The molecule has 0 atom stereocenters. The molecule has 0 bridgehead atoms. The first-order chi connectivity index (χ1) is 9.24. The third kappa shape index (κ3) is 2.21. The maximum Gasteiger partial charge on any atom is 0.225 e. The lowest BCUT2D eigenvalue weighted by atomic mass is 9.97. The van der Waals surface area contributed by atoms with E-state index in [4.69, 9.17) is 11.6 Å². The van der Waals surface area contributed by atoms with Crippen LogP contribution in [0.3, 0.4) is 0 Å². The lowest BCUT2D eigenvalue weighted by Gasteiger charge is -2.21. The highest BCUT2D eigenvalue weighted by atomic mass is 35.5. The predicted octanol–water partition coefficient (Wildman–Crippen LogP) is 4.07. The average Bonchev–Trinajstić information content (AvgIpc) is 2.77. The van der Waals surface area contributed by atoms with Crippen molar-refractivity contribution >= 4 is 39.0 Å².